The molecule has 0 aromatic heterocycles. The summed E-state index contributed by atoms with van der Waals surface area (Å²) >= 11 is 0. The zero-order valence-corrected chi connectivity index (χ0v) is 10.2. The van der Waals surface area contributed by atoms with Crippen LogP contribution in [0.3, 0.4) is 0 Å². The zero-order valence-electron chi connectivity index (χ0n) is 10.2. The van der Waals surface area contributed by atoms with E-state index in [9.17, 15) is 13.9 Å². The molecule has 1 aromatic carbocycles. The molecule has 4 heteroatoms. The molecule has 0 spiro atoms. The molecule has 0 bridgehead atoms. The predicted octanol–water partition coefficient (Wildman–Crippen LogP) is 2.78. The molecule has 96 valence electrons. The average Bonchev–Trinajstić information content (AvgIpc) is 2.30. The Morgan fingerprint density at radius 3 is 2.18 bits per heavy atom. The molecule has 0 fully saturated rings. The van der Waals surface area contributed by atoms with Crippen molar-refractivity contribution in [3.05, 3.63) is 35.4 Å². The Hall–Kier alpha value is -1.00. The number of hydrogen-bond acceptors (Lipinski definition) is 2. The normalized spacial score (nSPS) is 13.1. The van der Waals surface area contributed by atoms with Gasteiger partial charge in [0.25, 0.3) is 0 Å². The molecule has 1 aromatic rings. The maximum atomic E-state index is 13.4. The van der Waals surface area contributed by atoms with Gasteiger partial charge in [-0.2, -0.15) is 0 Å². The summed E-state index contributed by atoms with van der Waals surface area (Å²) in [4.78, 5) is 0. The zero-order chi connectivity index (χ0) is 12.8. The van der Waals surface area contributed by atoms with Gasteiger partial charge in [0.05, 0.1) is 11.7 Å². The van der Waals surface area contributed by atoms with E-state index in [0.717, 1.165) is 25.0 Å². The molecule has 1 atom stereocenters. The number of aliphatic hydroxyl groups excluding tert-OH is 1. The first kappa shape index (κ1) is 14.1. The number of rotatable bonds is 6. The van der Waals surface area contributed by atoms with Crippen LogP contribution in [0.4, 0.5) is 8.78 Å². The second kappa shape index (κ2) is 6.67. The van der Waals surface area contributed by atoms with Crippen molar-refractivity contribution in [3.63, 3.8) is 0 Å². The highest BCUT2D eigenvalue weighted by atomic mass is 19.1. The molecule has 0 saturated heterocycles. The van der Waals surface area contributed by atoms with Crippen LogP contribution >= 0.6 is 0 Å². The molecular formula is C13H19F2NO. The van der Waals surface area contributed by atoms with E-state index in [1.807, 2.05) is 13.8 Å². The lowest BCUT2D eigenvalue weighted by Crippen LogP contribution is -2.32. The third kappa shape index (κ3) is 3.75. The van der Waals surface area contributed by atoms with E-state index in [0.29, 0.717) is 0 Å². The SMILES string of the molecule is CCC(CC)NCC(O)c1c(F)cccc1F. The van der Waals surface area contributed by atoms with Crippen molar-refractivity contribution >= 4 is 0 Å². The van der Waals surface area contributed by atoms with E-state index >= 15 is 0 Å². The minimum atomic E-state index is -1.16. The Morgan fingerprint density at radius 2 is 1.71 bits per heavy atom. The smallest absolute Gasteiger partial charge is 0.131 e. The standard InChI is InChI=1S/C13H19F2NO/c1-3-9(4-2)16-8-12(17)13-10(14)6-5-7-11(13)15/h5-7,9,12,16-17H,3-4,8H2,1-2H3. The van der Waals surface area contributed by atoms with Gasteiger partial charge in [0.2, 0.25) is 0 Å². The third-order valence-electron chi connectivity index (χ3n) is 2.92. The van der Waals surface area contributed by atoms with Crippen molar-refractivity contribution in [3.8, 4) is 0 Å². The first-order valence-electron chi connectivity index (χ1n) is 5.95. The molecule has 0 radical (unpaired) electrons. The van der Waals surface area contributed by atoms with Gasteiger partial charge in [-0.25, -0.2) is 8.78 Å². The maximum Gasteiger partial charge on any atom is 0.131 e. The number of halogens is 2. The molecular weight excluding hydrogens is 224 g/mol. The largest absolute Gasteiger partial charge is 0.387 e. The lowest BCUT2D eigenvalue weighted by molar-refractivity contribution is 0.159. The summed E-state index contributed by atoms with van der Waals surface area (Å²) < 4.78 is 26.7. The van der Waals surface area contributed by atoms with Gasteiger partial charge in [-0.05, 0) is 25.0 Å². The van der Waals surface area contributed by atoms with E-state index in [-0.39, 0.29) is 18.2 Å². The second-order valence-electron chi connectivity index (χ2n) is 4.07. The first-order chi connectivity index (χ1) is 8.10. The second-order valence-corrected chi connectivity index (χ2v) is 4.07. The predicted molar refractivity (Wildman–Crippen MR) is 63.7 cm³/mol. The van der Waals surface area contributed by atoms with E-state index in [4.69, 9.17) is 0 Å². The van der Waals surface area contributed by atoms with Crippen LogP contribution in [0.2, 0.25) is 0 Å². The van der Waals surface area contributed by atoms with Gasteiger partial charge in [0.1, 0.15) is 11.6 Å². The van der Waals surface area contributed by atoms with Crippen LogP contribution in [0.5, 0.6) is 0 Å². The summed E-state index contributed by atoms with van der Waals surface area (Å²) in [6, 6.07) is 3.85. The first-order valence-corrected chi connectivity index (χ1v) is 5.95. The molecule has 1 unspecified atom stereocenters. The molecule has 2 N–H and O–H groups in total. The molecule has 1 rings (SSSR count). The van der Waals surface area contributed by atoms with Crippen molar-refractivity contribution in [1.29, 1.82) is 0 Å². The van der Waals surface area contributed by atoms with E-state index in [2.05, 4.69) is 5.32 Å². The topological polar surface area (TPSA) is 32.3 Å². The molecule has 2 nitrogen and oxygen atoms in total. The van der Waals surface area contributed by atoms with Gasteiger partial charge >= 0.3 is 0 Å². The van der Waals surface area contributed by atoms with E-state index in [1.54, 1.807) is 0 Å². The minimum Gasteiger partial charge on any atom is -0.387 e. The molecule has 0 aliphatic carbocycles. The number of aliphatic hydroxyl groups is 1. The van der Waals surface area contributed by atoms with Crippen LogP contribution < -0.4 is 5.32 Å². The number of benzene rings is 1. The summed E-state index contributed by atoms with van der Waals surface area (Å²) in [5.74, 6) is -1.41. The Labute approximate surface area is 101 Å². The number of nitrogens with one attached hydrogen (secondary N) is 1. The summed E-state index contributed by atoms with van der Waals surface area (Å²) in [6.45, 7) is 4.21. The molecule has 0 aliphatic heterocycles. The van der Waals surface area contributed by atoms with Crippen LogP contribution in [0.1, 0.15) is 38.4 Å². The van der Waals surface area contributed by atoms with Gasteiger partial charge in [-0.1, -0.05) is 19.9 Å². The van der Waals surface area contributed by atoms with Crippen LogP contribution in [0.15, 0.2) is 18.2 Å². The highest BCUT2D eigenvalue weighted by Crippen LogP contribution is 2.20. The molecule has 0 heterocycles. The Morgan fingerprint density at radius 1 is 1.18 bits per heavy atom. The van der Waals surface area contributed by atoms with Crippen molar-refractivity contribution in [2.24, 2.45) is 0 Å². The van der Waals surface area contributed by atoms with Gasteiger partial charge in [0.15, 0.2) is 0 Å². The summed E-state index contributed by atoms with van der Waals surface area (Å²) in [5, 5.41) is 12.9. The van der Waals surface area contributed by atoms with Gasteiger partial charge < -0.3 is 10.4 Å². The van der Waals surface area contributed by atoms with Gasteiger partial charge in [0, 0.05) is 12.6 Å². The lowest BCUT2D eigenvalue weighted by Gasteiger charge is -2.18. The fourth-order valence-corrected chi connectivity index (χ4v) is 1.79. The fraction of sp³-hybridized carbons (Fsp3) is 0.538. The molecule has 0 saturated carbocycles. The van der Waals surface area contributed by atoms with Gasteiger partial charge in [-0.3, -0.25) is 0 Å². The Bertz CT molecular complexity index is 333. The van der Waals surface area contributed by atoms with E-state index < -0.39 is 17.7 Å². The van der Waals surface area contributed by atoms with Crippen molar-refractivity contribution in [1.82, 2.24) is 5.32 Å². The summed E-state index contributed by atoms with van der Waals surface area (Å²) in [7, 11) is 0. The maximum absolute atomic E-state index is 13.4. The number of hydrogen-bond donors (Lipinski definition) is 2. The summed E-state index contributed by atoms with van der Waals surface area (Å²) in [6.07, 6.45) is 0.683. The van der Waals surface area contributed by atoms with Crippen molar-refractivity contribution in [2.75, 3.05) is 6.54 Å². The molecule has 0 amide bonds. The summed E-state index contributed by atoms with van der Waals surface area (Å²) in [5.41, 5.74) is -0.258. The molecule has 17 heavy (non-hydrogen) atoms. The van der Waals surface area contributed by atoms with Gasteiger partial charge in [-0.15, -0.1) is 0 Å². The lowest BCUT2D eigenvalue weighted by atomic mass is 10.1. The highest BCUT2D eigenvalue weighted by Gasteiger charge is 2.18. The van der Waals surface area contributed by atoms with Crippen molar-refractivity contribution < 1.29 is 13.9 Å². The Balaban J connectivity index is 2.66. The van der Waals surface area contributed by atoms with Crippen LogP contribution in [-0.2, 0) is 0 Å². The third-order valence-corrected chi connectivity index (χ3v) is 2.92. The monoisotopic (exact) mass is 243 g/mol. The van der Waals surface area contributed by atoms with Crippen molar-refractivity contribution in [2.45, 2.75) is 38.8 Å². The van der Waals surface area contributed by atoms with E-state index in [1.165, 1.54) is 6.07 Å². The Kier molecular flexibility index (Phi) is 5.51. The average molecular weight is 243 g/mol. The fourth-order valence-electron chi connectivity index (χ4n) is 1.79. The van der Waals surface area contributed by atoms with Crippen LogP contribution in [-0.4, -0.2) is 17.7 Å². The molecule has 0 aliphatic rings. The quantitative estimate of drug-likeness (QED) is 0.805. The highest BCUT2D eigenvalue weighted by molar-refractivity contribution is 5.22. The van der Waals surface area contributed by atoms with Crippen LogP contribution in [0, 0.1) is 11.6 Å². The minimum absolute atomic E-state index is 0.157. The van der Waals surface area contributed by atoms with Crippen LogP contribution in [0.25, 0.3) is 0 Å².